The quantitative estimate of drug-likeness (QED) is 0.620. The number of rotatable bonds is 7. The van der Waals surface area contributed by atoms with Gasteiger partial charge in [0.2, 0.25) is 15.4 Å². The maximum absolute atomic E-state index is 12.2. The molecule has 0 radical (unpaired) electrons. The van der Waals surface area contributed by atoms with Gasteiger partial charge in [0.1, 0.15) is 0 Å². The maximum atomic E-state index is 12.2. The number of aromatic nitrogens is 2. The van der Waals surface area contributed by atoms with E-state index < -0.39 is 15.6 Å². The number of anilines is 1. The standard InChI is InChI=1S/C10H19N5O3S2/c1-4-10(3,5-6-11)15-20(17,18)9-14-13-8(19-9)12-7(2)16/h15H,4-6,11H2,1-3H3,(H,12,13,16). The highest BCUT2D eigenvalue weighted by atomic mass is 32.2. The third kappa shape index (κ3) is 4.47. The van der Waals surface area contributed by atoms with Crippen molar-refractivity contribution in [3.8, 4) is 0 Å². The molecule has 1 unspecified atom stereocenters. The van der Waals surface area contributed by atoms with E-state index in [9.17, 15) is 13.2 Å². The fourth-order valence-corrected chi connectivity index (χ4v) is 3.96. The number of hydrogen-bond acceptors (Lipinski definition) is 7. The molecule has 10 heteroatoms. The molecule has 0 saturated carbocycles. The van der Waals surface area contributed by atoms with Crippen LogP contribution in [0.2, 0.25) is 0 Å². The van der Waals surface area contributed by atoms with E-state index in [1.807, 2.05) is 6.92 Å². The van der Waals surface area contributed by atoms with Gasteiger partial charge in [-0.05, 0) is 26.3 Å². The van der Waals surface area contributed by atoms with E-state index in [0.29, 0.717) is 19.4 Å². The first-order chi connectivity index (χ1) is 9.22. The second kappa shape index (κ2) is 6.57. The lowest BCUT2D eigenvalue weighted by Gasteiger charge is -2.27. The second-order valence-electron chi connectivity index (χ2n) is 4.61. The Balaban J connectivity index is 2.93. The van der Waals surface area contributed by atoms with Crippen molar-refractivity contribution in [2.45, 2.75) is 43.5 Å². The zero-order valence-corrected chi connectivity index (χ0v) is 13.3. The van der Waals surface area contributed by atoms with Crippen molar-refractivity contribution in [2.75, 3.05) is 11.9 Å². The molecule has 0 aliphatic rings. The smallest absolute Gasteiger partial charge is 0.270 e. The van der Waals surface area contributed by atoms with E-state index in [4.69, 9.17) is 5.73 Å². The molecule has 0 aromatic carbocycles. The Kier molecular flexibility index (Phi) is 5.57. The first-order valence-electron chi connectivity index (χ1n) is 6.07. The monoisotopic (exact) mass is 321 g/mol. The molecular weight excluding hydrogens is 302 g/mol. The summed E-state index contributed by atoms with van der Waals surface area (Å²) in [4.78, 5) is 10.9. The summed E-state index contributed by atoms with van der Waals surface area (Å²) in [5.74, 6) is -0.334. The molecule has 0 aliphatic carbocycles. The molecule has 1 rings (SSSR count). The lowest BCUT2D eigenvalue weighted by Crippen LogP contribution is -2.46. The molecule has 4 N–H and O–H groups in total. The normalized spacial score (nSPS) is 14.8. The third-order valence-electron chi connectivity index (χ3n) is 2.78. The van der Waals surface area contributed by atoms with Gasteiger partial charge in [-0.15, -0.1) is 10.2 Å². The van der Waals surface area contributed by atoms with E-state index in [1.54, 1.807) is 6.92 Å². The Morgan fingerprint density at radius 1 is 1.45 bits per heavy atom. The van der Waals surface area contributed by atoms with Crippen molar-refractivity contribution in [1.82, 2.24) is 14.9 Å². The highest BCUT2D eigenvalue weighted by Crippen LogP contribution is 2.23. The molecule has 1 aromatic rings. The van der Waals surface area contributed by atoms with Crippen LogP contribution in [0.15, 0.2) is 4.34 Å². The molecule has 0 saturated heterocycles. The summed E-state index contributed by atoms with van der Waals surface area (Å²) in [6.07, 6.45) is 1.11. The summed E-state index contributed by atoms with van der Waals surface area (Å²) in [6, 6.07) is 0. The highest BCUT2D eigenvalue weighted by molar-refractivity contribution is 7.91. The molecule has 114 valence electrons. The molecule has 1 aromatic heterocycles. The number of nitrogens with two attached hydrogens (primary N) is 1. The second-order valence-corrected chi connectivity index (χ2v) is 7.45. The molecule has 1 atom stereocenters. The topological polar surface area (TPSA) is 127 Å². The number of carbonyl (C=O) groups excluding carboxylic acids is 1. The van der Waals surface area contributed by atoms with Crippen molar-refractivity contribution in [2.24, 2.45) is 5.73 Å². The van der Waals surface area contributed by atoms with E-state index in [2.05, 4.69) is 20.2 Å². The minimum atomic E-state index is -3.78. The average molecular weight is 321 g/mol. The van der Waals surface area contributed by atoms with Crippen LogP contribution >= 0.6 is 11.3 Å². The van der Waals surface area contributed by atoms with E-state index in [1.165, 1.54) is 6.92 Å². The zero-order valence-electron chi connectivity index (χ0n) is 11.6. The summed E-state index contributed by atoms with van der Waals surface area (Å²) in [5.41, 5.74) is 4.87. The molecule has 8 nitrogen and oxygen atoms in total. The van der Waals surface area contributed by atoms with Crippen LogP contribution in [0.4, 0.5) is 5.13 Å². The Bertz CT molecular complexity index is 571. The van der Waals surface area contributed by atoms with Crippen LogP contribution in [0.1, 0.15) is 33.6 Å². The van der Waals surface area contributed by atoms with Crippen LogP contribution < -0.4 is 15.8 Å². The Labute approximate surface area is 122 Å². The lowest BCUT2D eigenvalue weighted by atomic mass is 9.96. The first-order valence-corrected chi connectivity index (χ1v) is 8.37. The van der Waals surface area contributed by atoms with Crippen LogP contribution in [-0.4, -0.2) is 36.6 Å². The van der Waals surface area contributed by atoms with E-state index in [-0.39, 0.29) is 15.4 Å². The van der Waals surface area contributed by atoms with Crippen LogP contribution in [0, 0.1) is 0 Å². The zero-order chi connectivity index (χ0) is 15.4. The number of nitrogens with zero attached hydrogens (tertiary/aromatic N) is 2. The van der Waals surface area contributed by atoms with Gasteiger partial charge in [0.25, 0.3) is 10.0 Å². The Morgan fingerprint density at radius 3 is 2.60 bits per heavy atom. The largest absolute Gasteiger partial charge is 0.330 e. The van der Waals surface area contributed by atoms with Gasteiger partial charge in [0.15, 0.2) is 0 Å². The van der Waals surface area contributed by atoms with Gasteiger partial charge in [-0.1, -0.05) is 18.3 Å². The number of nitrogens with one attached hydrogen (secondary N) is 2. The van der Waals surface area contributed by atoms with Gasteiger partial charge in [-0.3, -0.25) is 4.79 Å². The van der Waals surface area contributed by atoms with E-state index in [0.717, 1.165) is 11.3 Å². The number of sulfonamides is 1. The molecule has 1 heterocycles. The minimum absolute atomic E-state index is 0.148. The van der Waals surface area contributed by atoms with Crippen molar-refractivity contribution >= 4 is 32.4 Å². The molecule has 0 spiro atoms. The molecule has 0 fully saturated rings. The molecule has 0 aliphatic heterocycles. The summed E-state index contributed by atoms with van der Waals surface area (Å²) in [6.45, 7) is 5.34. The Hall–Kier alpha value is -1.10. The van der Waals surface area contributed by atoms with Gasteiger partial charge < -0.3 is 11.1 Å². The van der Waals surface area contributed by atoms with E-state index >= 15 is 0 Å². The van der Waals surface area contributed by atoms with Crippen LogP contribution in [-0.2, 0) is 14.8 Å². The van der Waals surface area contributed by atoms with Crippen molar-refractivity contribution in [3.63, 3.8) is 0 Å². The molecular formula is C10H19N5O3S2. The van der Waals surface area contributed by atoms with Crippen LogP contribution in [0.5, 0.6) is 0 Å². The predicted molar refractivity (Wildman–Crippen MR) is 76.9 cm³/mol. The molecule has 0 bridgehead atoms. The fraction of sp³-hybridized carbons (Fsp3) is 0.700. The van der Waals surface area contributed by atoms with Crippen LogP contribution in [0.3, 0.4) is 0 Å². The van der Waals surface area contributed by atoms with Gasteiger partial charge in [0, 0.05) is 12.5 Å². The van der Waals surface area contributed by atoms with Gasteiger partial charge in [-0.2, -0.15) is 0 Å². The van der Waals surface area contributed by atoms with Gasteiger partial charge in [0.05, 0.1) is 0 Å². The lowest BCUT2D eigenvalue weighted by molar-refractivity contribution is -0.114. The number of carbonyl (C=O) groups is 1. The summed E-state index contributed by atoms with van der Waals surface area (Å²) < 4.78 is 26.9. The fourth-order valence-electron chi connectivity index (χ4n) is 1.51. The predicted octanol–water partition coefficient (Wildman–Crippen LogP) is 0.292. The Morgan fingerprint density at radius 2 is 2.10 bits per heavy atom. The SMILES string of the molecule is CCC(C)(CCN)NS(=O)(=O)c1nnc(NC(C)=O)s1. The minimum Gasteiger partial charge on any atom is -0.330 e. The number of hydrogen-bond donors (Lipinski definition) is 3. The summed E-state index contributed by atoms with van der Waals surface area (Å²) in [7, 11) is -3.78. The van der Waals surface area contributed by atoms with Gasteiger partial charge in [-0.25, -0.2) is 13.1 Å². The molecule has 1 amide bonds. The van der Waals surface area contributed by atoms with Crippen molar-refractivity contribution in [3.05, 3.63) is 0 Å². The summed E-state index contributed by atoms with van der Waals surface area (Å²) >= 11 is 0.802. The van der Waals surface area contributed by atoms with Crippen LogP contribution in [0.25, 0.3) is 0 Å². The maximum Gasteiger partial charge on any atom is 0.270 e. The van der Waals surface area contributed by atoms with Gasteiger partial charge >= 0.3 is 0 Å². The summed E-state index contributed by atoms with van der Waals surface area (Å²) in [5, 5.41) is 9.75. The third-order valence-corrected chi connectivity index (χ3v) is 5.62. The number of amides is 1. The molecule has 20 heavy (non-hydrogen) atoms. The van der Waals surface area contributed by atoms with Crippen molar-refractivity contribution in [1.29, 1.82) is 0 Å². The van der Waals surface area contributed by atoms with Crippen molar-refractivity contribution < 1.29 is 13.2 Å². The highest BCUT2D eigenvalue weighted by Gasteiger charge is 2.30. The first kappa shape index (κ1) is 17.0. The average Bonchev–Trinajstić information content (AvgIpc) is 2.77.